The molecule has 0 aliphatic carbocycles. The highest BCUT2D eigenvalue weighted by atomic mass is 16.7. The highest BCUT2D eigenvalue weighted by Gasteiger charge is 2.11. The summed E-state index contributed by atoms with van der Waals surface area (Å²) in [7, 11) is 3.28. The Balaban J connectivity index is 1.79. The van der Waals surface area contributed by atoms with Crippen LogP contribution in [0.3, 0.4) is 0 Å². The van der Waals surface area contributed by atoms with Gasteiger partial charge in [-0.05, 0) is 41.5 Å². The van der Waals surface area contributed by atoms with Gasteiger partial charge in [0.15, 0.2) is 6.79 Å². The quantitative estimate of drug-likeness (QED) is 0.598. The van der Waals surface area contributed by atoms with Crippen molar-refractivity contribution < 1.29 is 14.2 Å². The number of methoxy groups -OCH3 is 2. The highest BCUT2D eigenvalue weighted by molar-refractivity contribution is 5.86. The van der Waals surface area contributed by atoms with Crippen LogP contribution in [0.1, 0.15) is 24.1 Å². The third kappa shape index (κ3) is 4.15. The van der Waals surface area contributed by atoms with Crippen molar-refractivity contribution >= 4 is 10.8 Å². The van der Waals surface area contributed by atoms with E-state index in [0.29, 0.717) is 6.54 Å². The van der Waals surface area contributed by atoms with E-state index in [0.717, 1.165) is 17.1 Å². The van der Waals surface area contributed by atoms with Crippen LogP contribution in [0.5, 0.6) is 11.5 Å². The molecule has 1 atom stereocenters. The van der Waals surface area contributed by atoms with Crippen LogP contribution >= 0.6 is 0 Å². The summed E-state index contributed by atoms with van der Waals surface area (Å²) in [5.41, 5.74) is 2.32. The van der Waals surface area contributed by atoms with Gasteiger partial charge in [-0.25, -0.2) is 0 Å². The van der Waals surface area contributed by atoms with Gasteiger partial charge in [0, 0.05) is 25.3 Å². The van der Waals surface area contributed by atoms with E-state index in [4.69, 9.17) is 14.2 Å². The van der Waals surface area contributed by atoms with E-state index < -0.39 is 0 Å². The van der Waals surface area contributed by atoms with Crippen LogP contribution in [-0.4, -0.2) is 21.0 Å². The van der Waals surface area contributed by atoms with Crippen LogP contribution in [0.2, 0.25) is 0 Å². The lowest BCUT2D eigenvalue weighted by molar-refractivity contribution is 0.0503. The topological polar surface area (TPSA) is 39.7 Å². The highest BCUT2D eigenvalue weighted by Crippen LogP contribution is 2.27. The van der Waals surface area contributed by atoms with Gasteiger partial charge in [0.25, 0.3) is 0 Å². The van der Waals surface area contributed by atoms with Gasteiger partial charge < -0.3 is 19.5 Å². The number of nitrogens with one attached hydrogen (secondary N) is 1. The van der Waals surface area contributed by atoms with Gasteiger partial charge in [0.2, 0.25) is 0 Å². The van der Waals surface area contributed by atoms with Crippen molar-refractivity contribution in [3.63, 3.8) is 0 Å². The van der Waals surface area contributed by atoms with Gasteiger partial charge in [0.1, 0.15) is 11.5 Å². The van der Waals surface area contributed by atoms with Crippen molar-refractivity contribution in [3.05, 3.63) is 71.8 Å². The normalized spacial score (nSPS) is 12.1. The fourth-order valence-corrected chi connectivity index (χ4v) is 3.09. The lowest BCUT2D eigenvalue weighted by atomic mass is 9.99. The molecule has 0 spiro atoms. The van der Waals surface area contributed by atoms with Crippen molar-refractivity contribution in [3.8, 4) is 11.5 Å². The molecule has 0 bridgehead atoms. The number of ether oxygens (including phenoxy) is 3. The molecule has 0 fully saturated rings. The predicted octanol–water partition coefficient (Wildman–Crippen LogP) is 4.68. The lowest BCUT2D eigenvalue weighted by Gasteiger charge is -2.18. The number of fused-ring (bicyclic) bond motifs is 1. The molecule has 0 aliphatic rings. The Kier molecular flexibility index (Phi) is 6.10. The monoisotopic (exact) mass is 351 g/mol. The van der Waals surface area contributed by atoms with Gasteiger partial charge in [-0.1, -0.05) is 42.5 Å². The van der Waals surface area contributed by atoms with E-state index in [2.05, 4.69) is 54.7 Å². The maximum Gasteiger partial charge on any atom is 0.188 e. The molecule has 0 saturated carbocycles. The Morgan fingerprint density at radius 2 is 1.77 bits per heavy atom. The molecule has 136 valence electrons. The first-order valence-electron chi connectivity index (χ1n) is 8.72. The summed E-state index contributed by atoms with van der Waals surface area (Å²) >= 11 is 0. The molecular formula is C22H25NO3. The van der Waals surface area contributed by atoms with Crippen LogP contribution in [0, 0.1) is 0 Å². The molecule has 0 aromatic heterocycles. The summed E-state index contributed by atoms with van der Waals surface area (Å²) in [6.45, 7) is 3.07. The maximum absolute atomic E-state index is 5.68. The Morgan fingerprint density at radius 1 is 0.962 bits per heavy atom. The predicted molar refractivity (Wildman–Crippen MR) is 105 cm³/mol. The third-order valence-corrected chi connectivity index (χ3v) is 4.49. The fraction of sp³-hybridized carbons (Fsp3) is 0.273. The Morgan fingerprint density at radius 3 is 2.58 bits per heavy atom. The zero-order valence-corrected chi connectivity index (χ0v) is 15.5. The van der Waals surface area contributed by atoms with Gasteiger partial charge in [0.05, 0.1) is 7.11 Å². The van der Waals surface area contributed by atoms with E-state index in [1.165, 1.54) is 16.3 Å². The van der Waals surface area contributed by atoms with Gasteiger partial charge in [-0.2, -0.15) is 0 Å². The smallest absolute Gasteiger partial charge is 0.188 e. The standard InChI is InChI=1S/C22H25NO3/c1-16(20-10-6-8-17-7-4-5-9-21(17)20)23-14-18-13-19(25-3)11-12-22(18)26-15-24-2/h4-13,16,23H,14-15H2,1-3H3. The van der Waals surface area contributed by atoms with Crippen LogP contribution < -0.4 is 14.8 Å². The first-order chi connectivity index (χ1) is 12.7. The summed E-state index contributed by atoms with van der Waals surface area (Å²) in [5.74, 6) is 1.61. The van der Waals surface area contributed by atoms with Crippen molar-refractivity contribution in [1.29, 1.82) is 0 Å². The van der Waals surface area contributed by atoms with Crippen LogP contribution in [0.15, 0.2) is 60.7 Å². The Hall–Kier alpha value is -2.56. The van der Waals surface area contributed by atoms with Crippen molar-refractivity contribution in [2.75, 3.05) is 21.0 Å². The van der Waals surface area contributed by atoms with E-state index in [9.17, 15) is 0 Å². The summed E-state index contributed by atoms with van der Waals surface area (Å²) in [6.07, 6.45) is 0. The fourth-order valence-electron chi connectivity index (χ4n) is 3.09. The molecule has 26 heavy (non-hydrogen) atoms. The molecule has 3 rings (SSSR count). The molecule has 0 saturated heterocycles. The number of rotatable bonds is 8. The summed E-state index contributed by atoms with van der Waals surface area (Å²) in [5, 5.41) is 6.13. The lowest BCUT2D eigenvalue weighted by Crippen LogP contribution is -2.19. The van der Waals surface area contributed by atoms with E-state index in [-0.39, 0.29) is 12.8 Å². The van der Waals surface area contributed by atoms with Gasteiger partial charge in [-0.15, -0.1) is 0 Å². The van der Waals surface area contributed by atoms with Gasteiger partial charge >= 0.3 is 0 Å². The number of benzene rings is 3. The molecular weight excluding hydrogens is 326 g/mol. The zero-order chi connectivity index (χ0) is 18.4. The van der Waals surface area contributed by atoms with Crippen molar-refractivity contribution in [2.45, 2.75) is 19.5 Å². The Bertz CT molecular complexity index is 858. The number of hydrogen-bond acceptors (Lipinski definition) is 4. The van der Waals surface area contributed by atoms with Crippen molar-refractivity contribution in [2.24, 2.45) is 0 Å². The molecule has 3 aromatic carbocycles. The largest absolute Gasteiger partial charge is 0.497 e. The minimum atomic E-state index is 0.197. The van der Waals surface area contributed by atoms with E-state index in [1.54, 1.807) is 14.2 Å². The minimum Gasteiger partial charge on any atom is -0.497 e. The summed E-state index contributed by atoms with van der Waals surface area (Å²) < 4.78 is 16.1. The second kappa shape index (κ2) is 8.70. The first-order valence-corrected chi connectivity index (χ1v) is 8.72. The second-order valence-corrected chi connectivity index (χ2v) is 6.20. The van der Waals surface area contributed by atoms with E-state index in [1.807, 2.05) is 18.2 Å². The van der Waals surface area contributed by atoms with Gasteiger partial charge in [-0.3, -0.25) is 0 Å². The molecule has 4 heteroatoms. The average molecular weight is 351 g/mol. The average Bonchev–Trinajstić information content (AvgIpc) is 2.70. The van der Waals surface area contributed by atoms with E-state index >= 15 is 0 Å². The second-order valence-electron chi connectivity index (χ2n) is 6.20. The van der Waals surface area contributed by atoms with Crippen LogP contribution in [0.4, 0.5) is 0 Å². The van der Waals surface area contributed by atoms with Crippen LogP contribution in [-0.2, 0) is 11.3 Å². The SMILES string of the molecule is COCOc1ccc(OC)cc1CNC(C)c1cccc2ccccc12. The minimum absolute atomic E-state index is 0.197. The molecule has 0 aliphatic heterocycles. The van der Waals surface area contributed by atoms with Crippen LogP contribution in [0.25, 0.3) is 10.8 Å². The molecule has 1 N–H and O–H groups in total. The molecule has 0 radical (unpaired) electrons. The summed E-state index contributed by atoms with van der Waals surface area (Å²) in [4.78, 5) is 0. The third-order valence-electron chi connectivity index (χ3n) is 4.49. The molecule has 4 nitrogen and oxygen atoms in total. The maximum atomic E-state index is 5.68. The first kappa shape index (κ1) is 18.2. The summed E-state index contributed by atoms with van der Waals surface area (Å²) in [6, 6.07) is 20.9. The molecule has 1 unspecified atom stereocenters. The number of hydrogen-bond donors (Lipinski definition) is 1. The zero-order valence-electron chi connectivity index (χ0n) is 15.5. The van der Waals surface area contributed by atoms with Crippen molar-refractivity contribution in [1.82, 2.24) is 5.32 Å². The molecule has 0 heterocycles. The molecule has 3 aromatic rings. The molecule has 0 amide bonds. The Labute approximate surface area is 154 Å².